The Morgan fingerprint density at radius 1 is 1.11 bits per heavy atom. The third-order valence-electron chi connectivity index (χ3n) is 4.11. The van der Waals surface area contributed by atoms with Gasteiger partial charge < -0.3 is 4.74 Å². The molecule has 140 valence electrons. The summed E-state index contributed by atoms with van der Waals surface area (Å²) in [5.41, 5.74) is 3.02. The first-order valence-electron chi connectivity index (χ1n) is 8.97. The Bertz CT molecular complexity index is 868. The molecule has 3 rings (SSSR count). The van der Waals surface area contributed by atoms with Crippen molar-refractivity contribution >= 4 is 34.6 Å². The van der Waals surface area contributed by atoms with Crippen LogP contribution in [0.2, 0.25) is 0 Å². The molecular formula is C22H24N2O2S. The average molecular weight is 381 g/mol. The topological polar surface area (TPSA) is 41.9 Å². The van der Waals surface area contributed by atoms with Crippen molar-refractivity contribution in [1.82, 2.24) is 4.90 Å². The molecule has 0 spiro atoms. The monoisotopic (exact) mass is 380 g/mol. The number of rotatable bonds is 5. The van der Waals surface area contributed by atoms with E-state index in [4.69, 9.17) is 9.73 Å². The van der Waals surface area contributed by atoms with Crippen LogP contribution in [0.5, 0.6) is 5.75 Å². The molecule has 4 nitrogen and oxygen atoms in total. The second-order valence-corrected chi connectivity index (χ2v) is 7.93. The number of benzene rings is 2. The minimum Gasteiger partial charge on any atom is -0.497 e. The number of nitrogens with zero attached hydrogens (tertiary/aromatic N) is 2. The van der Waals surface area contributed by atoms with Crippen LogP contribution in [0.25, 0.3) is 6.08 Å². The van der Waals surface area contributed by atoms with E-state index in [1.54, 1.807) is 12.0 Å². The number of hydrogen-bond donors (Lipinski definition) is 0. The van der Waals surface area contributed by atoms with Gasteiger partial charge in [0.2, 0.25) is 0 Å². The largest absolute Gasteiger partial charge is 0.497 e. The van der Waals surface area contributed by atoms with Crippen molar-refractivity contribution in [2.24, 2.45) is 10.9 Å². The molecule has 27 heavy (non-hydrogen) atoms. The van der Waals surface area contributed by atoms with Crippen molar-refractivity contribution in [2.75, 3.05) is 13.7 Å². The molecular weight excluding hydrogens is 356 g/mol. The highest BCUT2D eigenvalue weighted by atomic mass is 32.2. The highest BCUT2D eigenvalue weighted by Crippen LogP contribution is 2.35. The molecule has 0 atom stereocenters. The van der Waals surface area contributed by atoms with Crippen LogP contribution in [0, 0.1) is 12.8 Å². The van der Waals surface area contributed by atoms with Gasteiger partial charge in [-0.1, -0.05) is 43.7 Å². The maximum absolute atomic E-state index is 12.9. The fourth-order valence-electron chi connectivity index (χ4n) is 2.70. The molecule has 0 unspecified atom stereocenters. The van der Waals surface area contributed by atoms with E-state index in [9.17, 15) is 4.79 Å². The van der Waals surface area contributed by atoms with Crippen LogP contribution in [-0.4, -0.2) is 29.6 Å². The number of ether oxygens (including phenoxy) is 1. The molecule has 1 amide bonds. The minimum absolute atomic E-state index is 0.0153. The predicted molar refractivity (Wildman–Crippen MR) is 113 cm³/mol. The fourth-order valence-corrected chi connectivity index (χ4v) is 3.71. The second-order valence-electron chi connectivity index (χ2n) is 6.92. The molecule has 5 heteroatoms. The molecule has 0 aliphatic carbocycles. The first kappa shape index (κ1) is 19.2. The number of carbonyl (C=O) groups is 1. The smallest absolute Gasteiger partial charge is 0.266 e. The SMILES string of the molecule is COc1ccc(N=C2S/C(=C/c3ccc(C)cc3)C(=O)N2CC(C)C)cc1. The molecule has 1 aliphatic rings. The van der Waals surface area contributed by atoms with E-state index in [1.807, 2.05) is 42.5 Å². The van der Waals surface area contributed by atoms with Crippen molar-refractivity contribution in [2.45, 2.75) is 20.8 Å². The summed E-state index contributed by atoms with van der Waals surface area (Å²) in [6.45, 7) is 6.90. The molecule has 1 saturated heterocycles. The van der Waals surface area contributed by atoms with Gasteiger partial charge in [-0.25, -0.2) is 4.99 Å². The van der Waals surface area contributed by atoms with Crippen LogP contribution in [0.15, 0.2) is 58.4 Å². The number of methoxy groups -OCH3 is 1. The van der Waals surface area contributed by atoms with Gasteiger partial charge >= 0.3 is 0 Å². The Balaban J connectivity index is 1.92. The molecule has 0 aromatic heterocycles. The van der Waals surface area contributed by atoms with E-state index in [-0.39, 0.29) is 5.91 Å². The number of hydrogen-bond acceptors (Lipinski definition) is 4. The van der Waals surface area contributed by atoms with Gasteiger partial charge in [-0.15, -0.1) is 0 Å². The van der Waals surface area contributed by atoms with Gasteiger partial charge in [0.05, 0.1) is 17.7 Å². The fraction of sp³-hybridized carbons (Fsp3) is 0.273. The molecule has 2 aromatic rings. The minimum atomic E-state index is 0.0153. The lowest BCUT2D eigenvalue weighted by Gasteiger charge is -2.17. The van der Waals surface area contributed by atoms with Gasteiger partial charge in [-0.2, -0.15) is 0 Å². The average Bonchev–Trinajstić information content (AvgIpc) is 2.92. The zero-order chi connectivity index (χ0) is 19.4. The van der Waals surface area contributed by atoms with E-state index >= 15 is 0 Å². The van der Waals surface area contributed by atoms with Gasteiger partial charge in [0.25, 0.3) is 5.91 Å². The Morgan fingerprint density at radius 2 is 1.78 bits per heavy atom. The molecule has 1 aliphatic heterocycles. The summed E-state index contributed by atoms with van der Waals surface area (Å²) in [7, 11) is 1.64. The molecule has 1 heterocycles. The van der Waals surface area contributed by atoms with E-state index in [0.29, 0.717) is 17.4 Å². The lowest BCUT2D eigenvalue weighted by atomic mass is 10.1. The zero-order valence-electron chi connectivity index (χ0n) is 16.1. The summed E-state index contributed by atoms with van der Waals surface area (Å²) in [4.78, 5) is 20.1. The lowest BCUT2D eigenvalue weighted by molar-refractivity contribution is -0.122. The zero-order valence-corrected chi connectivity index (χ0v) is 16.9. The Hall–Kier alpha value is -2.53. The van der Waals surface area contributed by atoms with Crippen molar-refractivity contribution < 1.29 is 9.53 Å². The van der Waals surface area contributed by atoms with Gasteiger partial charge in [0.1, 0.15) is 5.75 Å². The highest BCUT2D eigenvalue weighted by molar-refractivity contribution is 8.18. The van der Waals surface area contributed by atoms with E-state index in [2.05, 4.69) is 32.9 Å². The van der Waals surface area contributed by atoms with Crippen LogP contribution in [0.3, 0.4) is 0 Å². The Kier molecular flexibility index (Phi) is 6.01. The van der Waals surface area contributed by atoms with Gasteiger partial charge in [0, 0.05) is 6.54 Å². The van der Waals surface area contributed by atoms with Gasteiger partial charge in [0.15, 0.2) is 5.17 Å². The standard InChI is InChI=1S/C22H24N2O2S/c1-15(2)14-24-21(25)20(13-17-7-5-16(3)6-8-17)27-22(24)23-18-9-11-19(26-4)12-10-18/h5-13,15H,14H2,1-4H3/b20-13+,23-22?. The third-order valence-corrected chi connectivity index (χ3v) is 5.11. The maximum Gasteiger partial charge on any atom is 0.266 e. The van der Waals surface area contributed by atoms with Crippen molar-refractivity contribution in [1.29, 1.82) is 0 Å². The Labute approximate surface area is 164 Å². The number of aryl methyl sites for hydroxylation is 1. The van der Waals surface area contributed by atoms with E-state index in [0.717, 1.165) is 22.2 Å². The Morgan fingerprint density at radius 3 is 2.37 bits per heavy atom. The summed E-state index contributed by atoms with van der Waals surface area (Å²) < 4.78 is 5.19. The van der Waals surface area contributed by atoms with E-state index < -0.39 is 0 Å². The third kappa shape index (κ3) is 4.80. The van der Waals surface area contributed by atoms with Crippen LogP contribution in [-0.2, 0) is 4.79 Å². The van der Waals surface area contributed by atoms with Crippen LogP contribution < -0.4 is 4.74 Å². The van der Waals surface area contributed by atoms with Crippen molar-refractivity contribution in [3.63, 3.8) is 0 Å². The molecule has 0 radical (unpaired) electrons. The molecule has 0 saturated carbocycles. The number of aliphatic imine (C=N–C) groups is 1. The molecule has 1 fully saturated rings. The van der Waals surface area contributed by atoms with Crippen molar-refractivity contribution in [3.05, 3.63) is 64.6 Å². The molecule has 2 aromatic carbocycles. The highest BCUT2D eigenvalue weighted by Gasteiger charge is 2.33. The number of thioether (sulfide) groups is 1. The summed E-state index contributed by atoms with van der Waals surface area (Å²) in [5, 5.41) is 0.720. The maximum atomic E-state index is 12.9. The van der Waals surface area contributed by atoms with E-state index in [1.165, 1.54) is 17.3 Å². The lowest BCUT2D eigenvalue weighted by Crippen LogP contribution is -2.32. The predicted octanol–water partition coefficient (Wildman–Crippen LogP) is 5.26. The summed E-state index contributed by atoms with van der Waals surface area (Å²) in [5.74, 6) is 1.16. The van der Waals surface area contributed by atoms with Crippen LogP contribution in [0.4, 0.5) is 5.69 Å². The van der Waals surface area contributed by atoms with Gasteiger partial charge in [-0.3, -0.25) is 9.69 Å². The molecule has 0 bridgehead atoms. The van der Waals surface area contributed by atoms with Gasteiger partial charge in [-0.05, 0) is 60.5 Å². The summed E-state index contributed by atoms with van der Waals surface area (Å²) in [6.07, 6.45) is 1.94. The van der Waals surface area contributed by atoms with Crippen LogP contribution in [0.1, 0.15) is 25.0 Å². The quantitative estimate of drug-likeness (QED) is 0.664. The first-order chi connectivity index (χ1) is 13.0. The van der Waals surface area contributed by atoms with Crippen molar-refractivity contribution in [3.8, 4) is 5.75 Å². The van der Waals surface area contributed by atoms with Crippen LogP contribution >= 0.6 is 11.8 Å². The molecule has 0 N–H and O–H groups in total. The number of amidine groups is 1. The normalized spacial score (nSPS) is 17.4. The number of amides is 1. The number of carbonyl (C=O) groups excluding carboxylic acids is 1. The first-order valence-corrected chi connectivity index (χ1v) is 9.78. The summed E-state index contributed by atoms with van der Waals surface area (Å²) in [6, 6.07) is 15.7. The summed E-state index contributed by atoms with van der Waals surface area (Å²) >= 11 is 1.43. The second kappa shape index (κ2) is 8.44.